The molecule has 134 valence electrons. The minimum absolute atomic E-state index is 0.251. The number of aromatic nitrogens is 3. The van der Waals surface area contributed by atoms with Crippen LogP contribution >= 0.6 is 0 Å². The van der Waals surface area contributed by atoms with Gasteiger partial charge in [-0.15, -0.1) is 10.2 Å². The van der Waals surface area contributed by atoms with Gasteiger partial charge in [-0.05, 0) is 55.0 Å². The van der Waals surface area contributed by atoms with E-state index in [4.69, 9.17) is 9.47 Å². The van der Waals surface area contributed by atoms with Crippen molar-refractivity contribution < 1.29 is 9.47 Å². The molecule has 3 aromatic rings. The van der Waals surface area contributed by atoms with Crippen molar-refractivity contribution in [1.82, 2.24) is 15.2 Å². The maximum Gasteiger partial charge on any atom is 0.279 e. The first-order valence-corrected chi connectivity index (χ1v) is 8.31. The molecule has 3 rings (SSSR count). The van der Waals surface area contributed by atoms with E-state index in [-0.39, 0.29) is 17.2 Å². The Morgan fingerprint density at radius 2 is 1.69 bits per heavy atom. The van der Waals surface area contributed by atoms with Gasteiger partial charge in [-0.25, -0.2) is 0 Å². The minimum atomic E-state index is -0.324. The van der Waals surface area contributed by atoms with E-state index in [0.717, 1.165) is 17.9 Å². The summed E-state index contributed by atoms with van der Waals surface area (Å²) in [5.41, 5.74) is 1.37. The highest BCUT2D eigenvalue weighted by Crippen LogP contribution is 2.19. The van der Waals surface area contributed by atoms with E-state index in [9.17, 15) is 4.79 Å². The summed E-state index contributed by atoms with van der Waals surface area (Å²) in [5.74, 6) is 1.78. The van der Waals surface area contributed by atoms with Gasteiger partial charge < -0.3 is 14.8 Å². The van der Waals surface area contributed by atoms with Crippen LogP contribution in [0.1, 0.15) is 13.3 Å². The molecular formula is C19H20N4O3. The summed E-state index contributed by atoms with van der Waals surface area (Å²) < 4.78 is 10.6. The van der Waals surface area contributed by atoms with Crippen molar-refractivity contribution >= 4 is 11.6 Å². The Labute approximate surface area is 151 Å². The first kappa shape index (κ1) is 17.5. The summed E-state index contributed by atoms with van der Waals surface area (Å²) in [5, 5.41) is 11.1. The molecule has 0 unspecified atom stereocenters. The number of H-pyrrole nitrogens is 1. The highest BCUT2D eigenvalue weighted by molar-refractivity contribution is 5.60. The number of nitrogens with one attached hydrogen (secondary N) is 2. The lowest BCUT2D eigenvalue weighted by atomic mass is 10.1. The van der Waals surface area contributed by atoms with Crippen LogP contribution in [0, 0.1) is 0 Å². The molecule has 0 saturated carbocycles. The van der Waals surface area contributed by atoms with Gasteiger partial charge >= 0.3 is 0 Å². The molecule has 26 heavy (non-hydrogen) atoms. The van der Waals surface area contributed by atoms with Gasteiger partial charge in [0.15, 0.2) is 5.69 Å². The van der Waals surface area contributed by atoms with Crippen LogP contribution in [0.15, 0.2) is 53.3 Å². The van der Waals surface area contributed by atoms with Crippen molar-refractivity contribution in [3.8, 4) is 22.8 Å². The first-order valence-electron chi connectivity index (χ1n) is 8.31. The van der Waals surface area contributed by atoms with E-state index in [2.05, 4.69) is 27.4 Å². The van der Waals surface area contributed by atoms with Crippen LogP contribution in [0.5, 0.6) is 11.5 Å². The average molecular weight is 352 g/mol. The maximum absolute atomic E-state index is 12.3. The normalized spacial score (nSPS) is 10.4. The number of benzene rings is 2. The monoisotopic (exact) mass is 352 g/mol. The summed E-state index contributed by atoms with van der Waals surface area (Å²) >= 11 is 0. The largest absolute Gasteiger partial charge is 0.497 e. The zero-order valence-electron chi connectivity index (χ0n) is 14.7. The van der Waals surface area contributed by atoms with E-state index in [0.29, 0.717) is 17.9 Å². The van der Waals surface area contributed by atoms with Crippen LogP contribution in [0.25, 0.3) is 11.3 Å². The molecular weight excluding hydrogens is 332 g/mol. The fraction of sp³-hybridized carbons (Fsp3) is 0.211. The topological polar surface area (TPSA) is 89.1 Å². The van der Waals surface area contributed by atoms with E-state index < -0.39 is 0 Å². The van der Waals surface area contributed by atoms with Crippen molar-refractivity contribution in [3.05, 3.63) is 58.9 Å². The number of anilines is 2. The zero-order chi connectivity index (χ0) is 18.4. The number of ether oxygens (including phenoxy) is 2. The third-order valence-electron chi connectivity index (χ3n) is 3.65. The second kappa shape index (κ2) is 8.15. The molecule has 0 saturated heterocycles. The molecule has 0 aliphatic rings. The molecule has 7 nitrogen and oxygen atoms in total. The van der Waals surface area contributed by atoms with Gasteiger partial charge in [-0.3, -0.25) is 9.78 Å². The molecule has 0 aliphatic heterocycles. The number of rotatable bonds is 7. The Kier molecular flexibility index (Phi) is 5.48. The number of nitrogens with zero attached hydrogens (tertiary/aromatic N) is 2. The highest BCUT2D eigenvalue weighted by Gasteiger charge is 2.08. The van der Waals surface area contributed by atoms with Gasteiger partial charge in [-0.2, -0.15) is 0 Å². The van der Waals surface area contributed by atoms with Crippen LogP contribution in [-0.4, -0.2) is 28.9 Å². The number of methoxy groups -OCH3 is 1. The summed E-state index contributed by atoms with van der Waals surface area (Å²) in [4.78, 5) is 15.0. The Bertz CT molecular complexity index is 905. The third kappa shape index (κ3) is 4.18. The molecule has 0 bridgehead atoms. The molecule has 0 atom stereocenters. The maximum atomic E-state index is 12.3. The van der Waals surface area contributed by atoms with Crippen LogP contribution < -0.4 is 20.3 Å². The van der Waals surface area contributed by atoms with Crippen molar-refractivity contribution in [2.45, 2.75) is 13.3 Å². The Hall–Kier alpha value is -3.35. The van der Waals surface area contributed by atoms with Gasteiger partial charge in [-0.1, -0.05) is 6.92 Å². The smallest absolute Gasteiger partial charge is 0.279 e. The Balaban J connectivity index is 1.73. The molecule has 0 radical (unpaired) electrons. The average Bonchev–Trinajstić information content (AvgIpc) is 2.68. The Morgan fingerprint density at radius 1 is 1.00 bits per heavy atom. The third-order valence-corrected chi connectivity index (χ3v) is 3.65. The molecule has 0 aliphatic carbocycles. The zero-order valence-corrected chi connectivity index (χ0v) is 14.7. The second-order valence-corrected chi connectivity index (χ2v) is 5.58. The molecule has 2 aromatic carbocycles. The summed E-state index contributed by atoms with van der Waals surface area (Å²) in [6.07, 6.45) is 0.956. The predicted molar refractivity (Wildman–Crippen MR) is 100 cm³/mol. The van der Waals surface area contributed by atoms with Crippen molar-refractivity contribution in [2.75, 3.05) is 19.0 Å². The molecule has 7 heteroatoms. The summed E-state index contributed by atoms with van der Waals surface area (Å²) in [6, 6.07) is 14.5. The standard InChI is InChI=1S/C19H20N4O3/c1-3-12-26-16-10-6-14(7-11-16)20-19-21-18(24)17(22-23-19)13-4-8-15(25-2)9-5-13/h4-11H,3,12H2,1-2H3,(H2,20,21,23,24). The minimum Gasteiger partial charge on any atom is -0.497 e. The van der Waals surface area contributed by atoms with Crippen LogP contribution in [-0.2, 0) is 0 Å². The van der Waals surface area contributed by atoms with Gasteiger partial charge in [0.2, 0.25) is 5.95 Å². The lowest BCUT2D eigenvalue weighted by molar-refractivity contribution is 0.317. The van der Waals surface area contributed by atoms with E-state index in [1.165, 1.54) is 0 Å². The van der Waals surface area contributed by atoms with Crippen LogP contribution in [0.3, 0.4) is 0 Å². The molecule has 2 N–H and O–H groups in total. The molecule has 1 aromatic heterocycles. The number of aromatic amines is 1. The first-order chi connectivity index (χ1) is 12.7. The quantitative estimate of drug-likeness (QED) is 0.678. The SMILES string of the molecule is CCCOc1ccc(Nc2nnc(-c3ccc(OC)cc3)c(=O)[nH]2)cc1. The van der Waals surface area contributed by atoms with E-state index in [1.807, 2.05) is 24.3 Å². The van der Waals surface area contributed by atoms with Crippen molar-refractivity contribution in [3.63, 3.8) is 0 Å². The van der Waals surface area contributed by atoms with E-state index in [1.54, 1.807) is 31.4 Å². The van der Waals surface area contributed by atoms with Gasteiger partial charge in [0.05, 0.1) is 13.7 Å². The lowest BCUT2D eigenvalue weighted by Crippen LogP contribution is -2.15. The van der Waals surface area contributed by atoms with Crippen molar-refractivity contribution in [1.29, 1.82) is 0 Å². The second-order valence-electron chi connectivity index (χ2n) is 5.58. The van der Waals surface area contributed by atoms with E-state index >= 15 is 0 Å². The lowest BCUT2D eigenvalue weighted by Gasteiger charge is -2.08. The summed E-state index contributed by atoms with van der Waals surface area (Å²) in [6.45, 7) is 2.74. The van der Waals surface area contributed by atoms with Gasteiger partial charge in [0.25, 0.3) is 5.56 Å². The van der Waals surface area contributed by atoms with Gasteiger partial charge in [0.1, 0.15) is 11.5 Å². The molecule has 1 heterocycles. The van der Waals surface area contributed by atoms with Crippen LogP contribution in [0.4, 0.5) is 11.6 Å². The molecule has 0 spiro atoms. The highest BCUT2D eigenvalue weighted by atomic mass is 16.5. The van der Waals surface area contributed by atoms with Crippen molar-refractivity contribution in [2.24, 2.45) is 0 Å². The molecule has 0 amide bonds. The fourth-order valence-electron chi connectivity index (χ4n) is 2.32. The van der Waals surface area contributed by atoms with Crippen LogP contribution in [0.2, 0.25) is 0 Å². The molecule has 0 fully saturated rings. The predicted octanol–water partition coefficient (Wildman–Crippen LogP) is 3.37. The Morgan fingerprint density at radius 3 is 2.31 bits per heavy atom. The fourth-order valence-corrected chi connectivity index (χ4v) is 2.32. The summed E-state index contributed by atoms with van der Waals surface area (Å²) in [7, 11) is 1.59. The number of hydrogen-bond acceptors (Lipinski definition) is 6. The van der Waals surface area contributed by atoms with Gasteiger partial charge in [0, 0.05) is 11.3 Å². The number of hydrogen-bond donors (Lipinski definition) is 2.